The number of hydrogen-bond acceptors (Lipinski definition) is 3. The molecule has 19 heavy (non-hydrogen) atoms. The van der Waals surface area contributed by atoms with Crippen molar-refractivity contribution in [3.63, 3.8) is 0 Å². The van der Waals surface area contributed by atoms with E-state index in [9.17, 15) is 4.57 Å². The molecular formula is C14H12ClO3P. The molecule has 0 aliphatic carbocycles. The Morgan fingerprint density at radius 1 is 0.789 bits per heavy atom. The minimum Gasteiger partial charge on any atom is -0.286 e. The topological polar surface area (TPSA) is 35.5 Å². The molecule has 0 spiro atoms. The van der Waals surface area contributed by atoms with Crippen molar-refractivity contribution in [2.75, 3.05) is 0 Å². The maximum Gasteiger partial charge on any atom is 0.425 e. The fourth-order valence-electron chi connectivity index (χ4n) is 2.16. The largest absolute Gasteiger partial charge is 0.425 e. The lowest BCUT2D eigenvalue weighted by atomic mass is 9.99. The van der Waals surface area contributed by atoms with Crippen LogP contribution >= 0.6 is 18.2 Å². The molecule has 1 unspecified atom stereocenters. The van der Waals surface area contributed by atoms with Gasteiger partial charge in [0.15, 0.2) is 0 Å². The molecule has 5 heteroatoms. The molecule has 1 saturated heterocycles. The molecule has 1 fully saturated rings. The van der Waals surface area contributed by atoms with Crippen LogP contribution in [0.25, 0.3) is 0 Å². The summed E-state index contributed by atoms with van der Waals surface area (Å²) < 4.78 is 22.7. The SMILES string of the molecule is O=P1(Cl)O[C@H](c2ccccc2)[C@H](c2ccccc2)O1. The van der Waals surface area contributed by atoms with Crippen molar-refractivity contribution in [3.8, 4) is 0 Å². The Morgan fingerprint density at radius 2 is 1.16 bits per heavy atom. The summed E-state index contributed by atoms with van der Waals surface area (Å²) in [6.07, 6.45) is -0.904. The second kappa shape index (κ2) is 5.10. The zero-order valence-corrected chi connectivity index (χ0v) is 11.6. The van der Waals surface area contributed by atoms with Gasteiger partial charge in [-0.25, -0.2) is 4.57 Å². The molecule has 1 aliphatic heterocycles. The van der Waals surface area contributed by atoms with Gasteiger partial charge in [-0.15, -0.1) is 0 Å². The maximum absolute atomic E-state index is 11.9. The summed E-state index contributed by atoms with van der Waals surface area (Å²) in [5.41, 5.74) is 1.80. The van der Waals surface area contributed by atoms with E-state index in [1.807, 2.05) is 60.7 Å². The number of rotatable bonds is 2. The lowest BCUT2D eigenvalue weighted by Gasteiger charge is -2.16. The molecule has 2 aromatic rings. The standard InChI is InChI=1S/C14H12ClO3P/c15-19(16)17-13(11-7-3-1-4-8-11)14(18-19)12-9-5-2-6-10-12/h1-10,13-14H/t13-,14+,19?. The minimum atomic E-state index is -3.51. The van der Waals surface area contributed by atoms with E-state index in [2.05, 4.69) is 0 Å². The van der Waals surface area contributed by atoms with E-state index in [0.29, 0.717) is 0 Å². The first kappa shape index (κ1) is 12.9. The molecule has 0 aromatic heterocycles. The van der Waals surface area contributed by atoms with Crippen LogP contribution in [0.5, 0.6) is 0 Å². The van der Waals surface area contributed by atoms with E-state index in [4.69, 9.17) is 20.3 Å². The summed E-state index contributed by atoms with van der Waals surface area (Å²) in [5.74, 6) is 0. The summed E-state index contributed by atoms with van der Waals surface area (Å²) in [6, 6.07) is 19.1. The molecule has 3 atom stereocenters. The predicted molar refractivity (Wildman–Crippen MR) is 74.0 cm³/mol. The van der Waals surface area contributed by atoms with Crippen LogP contribution < -0.4 is 0 Å². The third kappa shape index (κ3) is 2.75. The Bertz CT molecular complexity index is 551. The first-order valence-corrected chi connectivity index (χ1v) is 8.37. The maximum atomic E-state index is 11.9. The quantitative estimate of drug-likeness (QED) is 0.742. The van der Waals surface area contributed by atoms with Crippen molar-refractivity contribution in [1.29, 1.82) is 0 Å². The van der Waals surface area contributed by atoms with Crippen LogP contribution in [0.3, 0.4) is 0 Å². The van der Waals surface area contributed by atoms with Gasteiger partial charge in [0.05, 0.1) is 0 Å². The Balaban J connectivity index is 2.00. The monoisotopic (exact) mass is 294 g/mol. The van der Waals surface area contributed by atoms with E-state index in [-0.39, 0.29) is 0 Å². The van der Waals surface area contributed by atoms with Crippen molar-refractivity contribution < 1.29 is 13.6 Å². The molecule has 0 radical (unpaired) electrons. The Labute approximate surface area is 116 Å². The van der Waals surface area contributed by atoms with Crippen molar-refractivity contribution >= 4 is 18.2 Å². The molecule has 1 aliphatic rings. The van der Waals surface area contributed by atoms with E-state index in [1.165, 1.54) is 0 Å². The molecule has 3 nitrogen and oxygen atoms in total. The fraction of sp³-hybridized carbons (Fsp3) is 0.143. The van der Waals surface area contributed by atoms with Crippen molar-refractivity contribution in [2.24, 2.45) is 0 Å². The van der Waals surface area contributed by atoms with E-state index >= 15 is 0 Å². The molecule has 0 bridgehead atoms. The second-order valence-corrected chi connectivity index (χ2v) is 6.83. The van der Waals surface area contributed by atoms with Crippen LogP contribution in [0.1, 0.15) is 23.3 Å². The van der Waals surface area contributed by atoms with Crippen LogP contribution in [-0.4, -0.2) is 0 Å². The van der Waals surface area contributed by atoms with Gasteiger partial charge < -0.3 is 0 Å². The summed E-state index contributed by atoms with van der Waals surface area (Å²) in [6.45, 7) is -3.51. The van der Waals surface area contributed by atoms with Gasteiger partial charge in [0.1, 0.15) is 12.2 Å². The smallest absolute Gasteiger partial charge is 0.286 e. The lowest BCUT2D eigenvalue weighted by Crippen LogP contribution is -2.06. The first-order chi connectivity index (χ1) is 9.16. The lowest BCUT2D eigenvalue weighted by molar-refractivity contribution is 0.159. The van der Waals surface area contributed by atoms with Crippen molar-refractivity contribution in [3.05, 3.63) is 71.8 Å². The number of benzene rings is 2. The van der Waals surface area contributed by atoms with Crippen molar-refractivity contribution in [2.45, 2.75) is 12.2 Å². The van der Waals surface area contributed by atoms with E-state index in [0.717, 1.165) is 11.1 Å². The highest BCUT2D eigenvalue weighted by molar-refractivity contribution is 7.81. The summed E-state index contributed by atoms with van der Waals surface area (Å²) in [5, 5.41) is 0. The molecule has 0 amide bonds. The molecule has 3 rings (SSSR count). The average Bonchev–Trinajstić information content (AvgIpc) is 2.77. The normalized spacial score (nSPS) is 30.4. The average molecular weight is 295 g/mol. The molecule has 1 heterocycles. The van der Waals surface area contributed by atoms with Crippen LogP contribution in [0.15, 0.2) is 60.7 Å². The zero-order chi connectivity index (χ0) is 13.3. The zero-order valence-electron chi connectivity index (χ0n) is 9.98. The van der Waals surface area contributed by atoms with Gasteiger partial charge in [-0.05, 0) is 11.1 Å². The van der Waals surface area contributed by atoms with Crippen LogP contribution in [0.4, 0.5) is 0 Å². The molecular weight excluding hydrogens is 283 g/mol. The first-order valence-electron chi connectivity index (χ1n) is 5.92. The Morgan fingerprint density at radius 3 is 1.53 bits per heavy atom. The highest BCUT2D eigenvalue weighted by Gasteiger charge is 2.44. The molecule has 0 saturated carbocycles. The third-order valence-electron chi connectivity index (χ3n) is 3.01. The highest BCUT2D eigenvalue weighted by atomic mass is 35.7. The van der Waals surface area contributed by atoms with E-state index < -0.39 is 19.2 Å². The Kier molecular flexibility index (Phi) is 3.46. The minimum absolute atomic E-state index is 0.452. The summed E-state index contributed by atoms with van der Waals surface area (Å²) >= 11 is 5.77. The van der Waals surface area contributed by atoms with Gasteiger partial charge in [0.25, 0.3) is 0 Å². The number of hydrogen-bond donors (Lipinski definition) is 0. The van der Waals surface area contributed by atoms with Crippen LogP contribution in [-0.2, 0) is 13.6 Å². The summed E-state index contributed by atoms with van der Waals surface area (Å²) in [7, 11) is 0. The van der Waals surface area contributed by atoms with Gasteiger partial charge in [-0.3, -0.25) is 9.05 Å². The van der Waals surface area contributed by atoms with E-state index in [1.54, 1.807) is 0 Å². The third-order valence-corrected chi connectivity index (χ3v) is 4.45. The number of halogens is 1. The Hall–Kier alpha value is -1.12. The van der Waals surface area contributed by atoms with Gasteiger partial charge >= 0.3 is 6.95 Å². The van der Waals surface area contributed by atoms with Crippen LogP contribution in [0, 0.1) is 0 Å². The fourth-order valence-corrected chi connectivity index (χ4v) is 3.74. The molecule has 0 N–H and O–H groups in total. The summed E-state index contributed by atoms with van der Waals surface area (Å²) in [4.78, 5) is 0. The van der Waals surface area contributed by atoms with Crippen LogP contribution in [0.2, 0.25) is 0 Å². The highest BCUT2D eigenvalue weighted by Crippen LogP contribution is 2.68. The predicted octanol–water partition coefficient (Wildman–Crippen LogP) is 4.86. The van der Waals surface area contributed by atoms with Gasteiger partial charge in [0, 0.05) is 11.2 Å². The molecule has 98 valence electrons. The van der Waals surface area contributed by atoms with Gasteiger partial charge in [-0.1, -0.05) is 60.7 Å². The second-order valence-electron chi connectivity index (χ2n) is 4.30. The van der Waals surface area contributed by atoms with Gasteiger partial charge in [0.2, 0.25) is 0 Å². The molecule has 2 aromatic carbocycles. The van der Waals surface area contributed by atoms with Gasteiger partial charge in [-0.2, -0.15) is 0 Å². The van der Waals surface area contributed by atoms with Crippen molar-refractivity contribution in [1.82, 2.24) is 0 Å².